The fourth-order valence-corrected chi connectivity index (χ4v) is 2.34. The van der Waals surface area contributed by atoms with Gasteiger partial charge in [0.15, 0.2) is 0 Å². The highest BCUT2D eigenvalue weighted by molar-refractivity contribution is 14.1. The first-order valence-corrected chi connectivity index (χ1v) is 8.43. The van der Waals surface area contributed by atoms with Gasteiger partial charge < -0.3 is 21.1 Å². The molecule has 2 amide bonds. The molecule has 0 fully saturated rings. The largest absolute Gasteiger partial charge is 0.444 e. The predicted molar refractivity (Wildman–Crippen MR) is 100 cm³/mol. The maximum Gasteiger partial charge on any atom is 0.408 e. The number of halogens is 1. The fourth-order valence-electron chi connectivity index (χ4n) is 1.83. The summed E-state index contributed by atoms with van der Waals surface area (Å²) in [5.41, 5.74) is 6.27. The van der Waals surface area contributed by atoms with Crippen molar-refractivity contribution in [2.45, 2.75) is 46.3 Å². The second-order valence-electron chi connectivity index (χ2n) is 6.59. The summed E-state index contributed by atoms with van der Waals surface area (Å²) < 4.78 is 6.18. The summed E-state index contributed by atoms with van der Waals surface area (Å²) in [6.45, 7) is 8.99. The molecule has 1 atom stereocenters. The molecule has 128 valence electrons. The normalized spacial score (nSPS) is 12.7. The Hall–Kier alpha value is -1.51. The Morgan fingerprint density at radius 1 is 1.26 bits per heavy atom. The molecule has 6 nitrogen and oxygen atoms in total. The quantitative estimate of drug-likeness (QED) is 0.502. The van der Waals surface area contributed by atoms with Crippen LogP contribution in [0.25, 0.3) is 0 Å². The van der Waals surface area contributed by atoms with Gasteiger partial charge in [-0.1, -0.05) is 13.8 Å². The highest BCUT2D eigenvalue weighted by atomic mass is 127. The Kier molecular flexibility index (Phi) is 6.67. The van der Waals surface area contributed by atoms with Gasteiger partial charge in [0, 0.05) is 3.57 Å². The van der Waals surface area contributed by atoms with Crippen LogP contribution in [0, 0.1) is 9.49 Å². The number of carbonyl (C=O) groups is 2. The van der Waals surface area contributed by atoms with Crippen LogP contribution in [0.15, 0.2) is 18.2 Å². The third kappa shape index (κ3) is 6.64. The van der Waals surface area contributed by atoms with Crippen LogP contribution in [-0.4, -0.2) is 23.6 Å². The summed E-state index contributed by atoms with van der Waals surface area (Å²) >= 11 is 2.14. The molecule has 1 aromatic carbocycles. The molecule has 4 N–H and O–H groups in total. The number of nitrogens with two attached hydrogens (primary N) is 1. The van der Waals surface area contributed by atoms with Crippen LogP contribution in [-0.2, 0) is 9.53 Å². The molecule has 7 heteroatoms. The zero-order chi connectivity index (χ0) is 17.8. The molecule has 0 aliphatic carbocycles. The Labute approximate surface area is 150 Å². The van der Waals surface area contributed by atoms with Gasteiger partial charge in [0.1, 0.15) is 11.6 Å². The number of anilines is 2. The van der Waals surface area contributed by atoms with E-state index in [1.807, 2.05) is 19.9 Å². The van der Waals surface area contributed by atoms with Gasteiger partial charge in [-0.2, -0.15) is 0 Å². The Balaban J connectivity index is 2.81. The second-order valence-corrected chi connectivity index (χ2v) is 7.83. The van der Waals surface area contributed by atoms with E-state index in [0.717, 1.165) is 3.57 Å². The Morgan fingerprint density at radius 3 is 2.35 bits per heavy atom. The van der Waals surface area contributed by atoms with Gasteiger partial charge in [0.05, 0.1) is 11.4 Å². The highest BCUT2D eigenvalue weighted by Gasteiger charge is 2.27. The first-order chi connectivity index (χ1) is 10.5. The molecular weight excluding hydrogens is 409 g/mol. The van der Waals surface area contributed by atoms with E-state index in [1.165, 1.54) is 0 Å². The van der Waals surface area contributed by atoms with E-state index in [9.17, 15) is 9.59 Å². The van der Waals surface area contributed by atoms with Crippen molar-refractivity contribution >= 4 is 46.0 Å². The zero-order valence-corrected chi connectivity index (χ0v) is 16.2. The average Bonchev–Trinajstić information content (AvgIpc) is 2.36. The standard InChI is InChI=1S/C16H24IN3O3/c1-9(2)13(20-15(22)23-16(3,4)5)14(21)19-12-7-6-10(17)8-11(12)18/h6-9,13H,18H2,1-5H3,(H,19,21)(H,20,22)/t13-/m0/s1. The topological polar surface area (TPSA) is 93.4 Å². The number of carbonyl (C=O) groups excluding carboxylic acids is 2. The van der Waals surface area contributed by atoms with Crippen molar-refractivity contribution < 1.29 is 14.3 Å². The predicted octanol–water partition coefficient (Wildman–Crippen LogP) is 3.36. The molecule has 23 heavy (non-hydrogen) atoms. The molecule has 0 saturated carbocycles. The van der Waals surface area contributed by atoms with Crippen LogP contribution in [0.3, 0.4) is 0 Å². The highest BCUT2D eigenvalue weighted by Crippen LogP contribution is 2.21. The van der Waals surface area contributed by atoms with Crippen molar-refractivity contribution in [3.05, 3.63) is 21.8 Å². The van der Waals surface area contributed by atoms with E-state index in [1.54, 1.807) is 32.9 Å². The number of benzene rings is 1. The number of ether oxygens (including phenoxy) is 1. The fraction of sp³-hybridized carbons (Fsp3) is 0.500. The summed E-state index contributed by atoms with van der Waals surface area (Å²) in [5, 5.41) is 5.36. The summed E-state index contributed by atoms with van der Waals surface area (Å²) in [5.74, 6) is -0.439. The maximum atomic E-state index is 12.5. The van der Waals surface area contributed by atoms with Crippen molar-refractivity contribution in [3.63, 3.8) is 0 Å². The van der Waals surface area contributed by atoms with Crippen LogP contribution in [0.1, 0.15) is 34.6 Å². The van der Waals surface area contributed by atoms with Crippen molar-refractivity contribution in [2.75, 3.05) is 11.1 Å². The Bertz CT molecular complexity index is 582. The SMILES string of the molecule is CC(C)[C@H](NC(=O)OC(C)(C)C)C(=O)Nc1ccc(I)cc1N. The molecule has 0 heterocycles. The average molecular weight is 433 g/mol. The number of alkyl carbamates (subject to hydrolysis) is 1. The zero-order valence-electron chi connectivity index (χ0n) is 14.1. The number of hydrogen-bond donors (Lipinski definition) is 3. The summed E-state index contributed by atoms with van der Waals surface area (Å²) in [6, 6.07) is 4.63. The van der Waals surface area contributed by atoms with E-state index in [4.69, 9.17) is 10.5 Å². The summed E-state index contributed by atoms with van der Waals surface area (Å²) in [6.07, 6.45) is -0.623. The third-order valence-electron chi connectivity index (χ3n) is 2.89. The van der Waals surface area contributed by atoms with E-state index >= 15 is 0 Å². The van der Waals surface area contributed by atoms with Gasteiger partial charge in [0.2, 0.25) is 5.91 Å². The number of amides is 2. The molecule has 0 unspecified atom stereocenters. The van der Waals surface area contributed by atoms with E-state index in [0.29, 0.717) is 11.4 Å². The molecule has 1 rings (SSSR count). The van der Waals surface area contributed by atoms with E-state index in [2.05, 4.69) is 33.2 Å². The third-order valence-corrected chi connectivity index (χ3v) is 3.56. The summed E-state index contributed by atoms with van der Waals surface area (Å²) in [7, 11) is 0. The molecule has 0 spiro atoms. The van der Waals surface area contributed by atoms with Crippen molar-refractivity contribution in [1.82, 2.24) is 5.32 Å². The maximum absolute atomic E-state index is 12.5. The minimum atomic E-state index is -0.719. The van der Waals surface area contributed by atoms with Crippen LogP contribution >= 0.6 is 22.6 Å². The molecule has 0 radical (unpaired) electrons. The number of nitrogen functional groups attached to an aromatic ring is 1. The first kappa shape index (κ1) is 19.5. The first-order valence-electron chi connectivity index (χ1n) is 7.35. The Morgan fingerprint density at radius 2 is 1.87 bits per heavy atom. The number of hydrogen-bond acceptors (Lipinski definition) is 4. The van der Waals surface area contributed by atoms with Crippen LogP contribution in [0.5, 0.6) is 0 Å². The van der Waals surface area contributed by atoms with Gasteiger partial charge in [-0.3, -0.25) is 4.79 Å². The van der Waals surface area contributed by atoms with Crippen LogP contribution in [0.2, 0.25) is 0 Å². The lowest BCUT2D eigenvalue weighted by Gasteiger charge is -2.25. The second kappa shape index (κ2) is 7.85. The van der Waals surface area contributed by atoms with Crippen LogP contribution in [0.4, 0.5) is 16.2 Å². The van der Waals surface area contributed by atoms with Gasteiger partial charge in [0.25, 0.3) is 0 Å². The van der Waals surface area contributed by atoms with Gasteiger partial charge in [-0.15, -0.1) is 0 Å². The molecular formula is C16H24IN3O3. The van der Waals surface area contributed by atoms with Crippen molar-refractivity contribution in [1.29, 1.82) is 0 Å². The molecule has 0 aliphatic heterocycles. The van der Waals surface area contributed by atoms with Gasteiger partial charge in [-0.05, 0) is 67.5 Å². The van der Waals surface area contributed by atoms with E-state index < -0.39 is 17.7 Å². The summed E-state index contributed by atoms with van der Waals surface area (Å²) in [4.78, 5) is 24.4. The smallest absolute Gasteiger partial charge is 0.408 e. The lowest BCUT2D eigenvalue weighted by molar-refractivity contribution is -0.119. The van der Waals surface area contributed by atoms with Crippen LogP contribution < -0.4 is 16.4 Å². The van der Waals surface area contributed by atoms with Gasteiger partial charge >= 0.3 is 6.09 Å². The number of nitrogens with one attached hydrogen (secondary N) is 2. The molecule has 0 aromatic heterocycles. The monoisotopic (exact) mass is 433 g/mol. The number of rotatable bonds is 4. The molecule has 0 saturated heterocycles. The van der Waals surface area contributed by atoms with E-state index in [-0.39, 0.29) is 11.8 Å². The van der Waals surface area contributed by atoms with Gasteiger partial charge in [-0.25, -0.2) is 4.79 Å². The minimum absolute atomic E-state index is 0.104. The van der Waals surface area contributed by atoms with Crippen molar-refractivity contribution in [2.24, 2.45) is 5.92 Å². The molecule has 0 aliphatic rings. The lowest BCUT2D eigenvalue weighted by atomic mass is 10.0. The molecule has 1 aromatic rings. The molecule has 0 bridgehead atoms. The lowest BCUT2D eigenvalue weighted by Crippen LogP contribution is -2.48. The minimum Gasteiger partial charge on any atom is -0.444 e. The van der Waals surface area contributed by atoms with Crippen molar-refractivity contribution in [3.8, 4) is 0 Å².